The highest BCUT2D eigenvalue weighted by Crippen LogP contribution is 2.48. The van der Waals surface area contributed by atoms with Crippen LogP contribution in [-0.4, -0.2) is 38.4 Å². The summed E-state index contributed by atoms with van der Waals surface area (Å²) in [4.78, 5) is 0. The molecule has 2 aliphatic heterocycles. The van der Waals surface area contributed by atoms with Crippen LogP contribution in [0.3, 0.4) is 0 Å². The van der Waals surface area contributed by atoms with Gasteiger partial charge in [-0.05, 0) is 23.8 Å². The van der Waals surface area contributed by atoms with Crippen molar-refractivity contribution in [1.82, 2.24) is 5.32 Å². The topological polar surface area (TPSA) is 69.2 Å². The van der Waals surface area contributed by atoms with Gasteiger partial charge in [0, 0.05) is 30.0 Å². The Morgan fingerprint density at radius 3 is 2.54 bits per heavy atom. The third kappa shape index (κ3) is 2.95. The molecule has 6 nitrogen and oxygen atoms in total. The van der Waals surface area contributed by atoms with E-state index in [9.17, 15) is 5.11 Å². The molecule has 3 atom stereocenters. The zero-order valence-electron chi connectivity index (χ0n) is 14.9. The van der Waals surface area contributed by atoms with E-state index in [2.05, 4.69) is 24.4 Å². The van der Waals surface area contributed by atoms with Crippen LogP contribution in [-0.2, 0) is 0 Å². The third-order valence-electron chi connectivity index (χ3n) is 5.03. The highest BCUT2D eigenvalue weighted by Gasteiger charge is 2.37. The van der Waals surface area contributed by atoms with Gasteiger partial charge in [-0.25, -0.2) is 0 Å². The molecule has 2 aliphatic rings. The van der Waals surface area contributed by atoms with E-state index in [0.29, 0.717) is 12.3 Å². The second kappa shape index (κ2) is 7.05. The van der Waals surface area contributed by atoms with Crippen molar-refractivity contribution in [2.75, 3.05) is 27.1 Å². The Morgan fingerprint density at radius 2 is 1.85 bits per heavy atom. The predicted octanol–water partition coefficient (Wildman–Crippen LogP) is 2.49. The van der Waals surface area contributed by atoms with E-state index in [4.69, 9.17) is 18.9 Å². The van der Waals surface area contributed by atoms with Crippen LogP contribution >= 0.6 is 0 Å². The molecule has 2 aromatic carbocycles. The van der Waals surface area contributed by atoms with Crippen molar-refractivity contribution in [2.45, 2.75) is 19.1 Å². The number of hydrogen-bond acceptors (Lipinski definition) is 6. The van der Waals surface area contributed by atoms with Crippen LogP contribution in [0.1, 0.15) is 24.0 Å². The van der Waals surface area contributed by atoms with Crippen LogP contribution in [0, 0.1) is 5.92 Å². The van der Waals surface area contributed by atoms with Crippen molar-refractivity contribution in [1.29, 1.82) is 0 Å². The molecule has 0 saturated carbocycles. The number of aliphatic hydroxyl groups is 1. The fourth-order valence-electron chi connectivity index (χ4n) is 3.72. The van der Waals surface area contributed by atoms with Crippen LogP contribution in [0.2, 0.25) is 0 Å². The van der Waals surface area contributed by atoms with Crippen molar-refractivity contribution in [2.24, 2.45) is 5.92 Å². The van der Waals surface area contributed by atoms with E-state index in [-0.39, 0.29) is 31.5 Å². The molecule has 4 rings (SSSR count). The van der Waals surface area contributed by atoms with Gasteiger partial charge in [-0.15, -0.1) is 0 Å². The van der Waals surface area contributed by atoms with Crippen molar-refractivity contribution < 1.29 is 24.1 Å². The predicted molar refractivity (Wildman–Crippen MR) is 96.1 cm³/mol. The van der Waals surface area contributed by atoms with E-state index in [1.165, 1.54) is 5.56 Å². The Kier molecular flexibility index (Phi) is 4.61. The highest BCUT2D eigenvalue weighted by molar-refractivity contribution is 5.56. The molecule has 0 fully saturated rings. The summed E-state index contributed by atoms with van der Waals surface area (Å²) < 4.78 is 22.5. The Hall–Kier alpha value is -2.44. The standard InChI is InChI=1S/C20H23NO5/c1-12-19(13-3-5-14(23-2)6-4-13)15-9-17-18(25-11-24-17)10-16(15)26-20(12)21-7-8-22/h3-6,9-10,12,19-22H,7-8,11H2,1-2H3/t12-,19+,20+/m1/s1. The van der Waals surface area contributed by atoms with Gasteiger partial charge in [-0.1, -0.05) is 19.1 Å². The number of rotatable bonds is 5. The summed E-state index contributed by atoms with van der Waals surface area (Å²) in [7, 11) is 1.66. The van der Waals surface area contributed by atoms with Crippen LogP contribution < -0.4 is 24.3 Å². The van der Waals surface area contributed by atoms with Gasteiger partial charge in [0.1, 0.15) is 11.5 Å². The average molecular weight is 357 g/mol. The fraction of sp³-hybridized carbons (Fsp3) is 0.400. The Morgan fingerprint density at radius 1 is 1.12 bits per heavy atom. The quantitative estimate of drug-likeness (QED) is 0.857. The summed E-state index contributed by atoms with van der Waals surface area (Å²) in [5.74, 6) is 3.34. The van der Waals surface area contributed by atoms with Crippen LogP contribution in [0.5, 0.6) is 23.0 Å². The molecule has 6 heteroatoms. The smallest absolute Gasteiger partial charge is 0.231 e. The molecule has 0 saturated heterocycles. The summed E-state index contributed by atoms with van der Waals surface area (Å²) in [6, 6.07) is 12.0. The molecule has 2 heterocycles. The largest absolute Gasteiger partial charge is 0.497 e. The van der Waals surface area contributed by atoms with Gasteiger partial charge in [0.25, 0.3) is 0 Å². The van der Waals surface area contributed by atoms with Gasteiger partial charge in [0.15, 0.2) is 17.7 Å². The lowest BCUT2D eigenvalue weighted by Crippen LogP contribution is -2.46. The van der Waals surface area contributed by atoms with Crippen molar-refractivity contribution >= 4 is 0 Å². The molecule has 2 aromatic rings. The summed E-state index contributed by atoms with van der Waals surface area (Å²) in [5.41, 5.74) is 2.26. The maximum absolute atomic E-state index is 9.18. The lowest BCUT2D eigenvalue weighted by atomic mass is 9.78. The SMILES string of the molecule is COc1ccc([C@H]2c3cc4c(cc3O[C@H](NCCO)[C@@H]2C)OCO4)cc1. The number of nitrogens with one attached hydrogen (secondary N) is 1. The third-order valence-corrected chi connectivity index (χ3v) is 5.03. The van der Waals surface area contributed by atoms with Gasteiger partial charge in [0.2, 0.25) is 6.79 Å². The normalized spacial score (nSPS) is 23.3. The monoisotopic (exact) mass is 357 g/mol. The minimum Gasteiger partial charge on any atom is -0.497 e. The number of benzene rings is 2. The van der Waals surface area contributed by atoms with E-state index in [0.717, 1.165) is 22.8 Å². The van der Waals surface area contributed by atoms with Gasteiger partial charge in [-0.3, -0.25) is 5.32 Å². The summed E-state index contributed by atoms with van der Waals surface area (Å²) in [6.07, 6.45) is -0.206. The molecule has 0 radical (unpaired) electrons. The Bertz CT molecular complexity index is 777. The molecule has 2 N–H and O–H groups in total. The van der Waals surface area contributed by atoms with Crippen molar-refractivity contribution in [3.8, 4) is 23.0 Å². The van der Waals surface area contributed by atoms with E-state index in [1.807, 2.05) is 24.3 Å². The zero-order chi connectivity index (χ0) is 18.1. The lowest BCUT2D eigenvalue weighted by molar-refractivity contribution is 0.0743. The van der Waals surface area contributed by atoms with E-state index < -0.39 is 0 Å². The maximum atomic E-state index is 9.18. The average Bonchev–Trinajstić information content (AvgIpc) is 3.12. The summed E-state index contributed by atoms with van der Waals surface area (Å²) >= 11 is 0. The molecule has 0 aliphatic carbocycles. The van der Waals surface area contributed by atoms with Gasteiger partial charge >= 0.3 is 0 Å². The van der Waals surface area contributed by atoms with E-state index >= 15 is 0 Å². The molecule has 26 heavy (non-hydrogen) atoms. The molecular weight excluding hydrogens is 334 g/mol. The number of hydrogen-bond donors (Lipinski definition) is 2. The van der Waals surface area contributed by atoms with Gasteiger partial charge < -0.3 is 24.1 Å². The molecule has 0 bridgehead atoms. The summed E-state index contributed by atoms with van der Waals surface area (Å²) in [6.45, 7) is 2.92. The van der Waals surface area contributed by atoms with Crippen LogP contribution in [0.15, 0.2) is 36.4 Å². The molecule has 138 valence electrons. The fourth-order valence-corrected chi connectivity index (χ4v) is 3.72. The number of aliphatic hydroxyl groups excluding tert-OH is 1. The molecular formula is C20H23NO5. The highest BCUT2D eigenvalue weighted by atomic mass is 16.7. The van der Waals surface area contributed by atoms with Gasteiger partial charge in [0.05, 0.1) is 13.7 Å². The molecule has 0 spiro atoms. The lowest BCUT2D eigenvalue weighted by Gasteiger charge is -2.38. The maximum Gasteiger partial charge on any atom is 0.231 e. The number of ether oxygens (including phenoxy) is 4. The zero-order valence-corrected chi connectivity index (χ0v) is 14.9. The Labute approximate surface area is 152 Å². The first kappa shape index (κ1) is 17.0. The molecule has 0 amide bonds. The molecule has 0 unspecified atom stereocenters. The van der Waals surface area contributed by atoms with Crippen LogP contribution in [0.4, 0.5) is 0 Å². The minimum atomic E-state index is -0.206. The Balaban J connectivity index is 1.76. The minimum absolute atomic E-state index is 0.0633. The first-order valence-electron chi connectivity index (χ1n) is 8.79. The second-order valence-electron chi connectivity index (χ2n) is 6.57. The number of fused-ring (bicyclic) bond motifs is 2. The summed E-state index contributed by atoms with van der Waals surface area (Å²) in [5, 5.41) is 12.5. The van der Waals surface area contributed by atoms with Crippen LogP contribution in [0.25, 0.3) is 0 Å². The van der Waals surface area contributed by atoms with Crippen molar-refractivity contribution in [3.05, 3.63) is 47.5 Å². The first-order valence-corrected chi connectivity index (χ1v) is 8.79. The first-order chi connectivity index (χ1) is 12.7. The van der Waals surface area contributed by atoms with E-state index in [1.54, 1.807) is 7.11 Å². The number of methoxy groups -OCH3 is 1. The molecule has 0 aromatic heterocycles. The van der Waals surface area contributed by atoms with Crippen molar-refractivity contribution in [3.63, 3.8) is 0 Å². The second-order valence-corrected chi connectivity index (χ2v) is 6.57. The van der Waals surface area contributed by atoms with Gasteiger partial charge in [-0.2, -0.15) is 0 Å².